The van der Waals surface area contributed by atoms with Gasteiger partial charge in [0.1, 0.15) is 17.7 Å². The molecule has 3 N–H and O–H groups in total. The van der Waals surface area contributed by atoms with Gasteiger partial charge in [0.15, 0.2) is 0 Å². The maximum atomic E-state index is 11.9. The van der Waals surface area contributed by atoms with Gasteiger partial charge in [-0.15, -0.1) is 0 Å². The van der Waals surface area contributed by atoms with E-state index < -0.39 is 6.23 Å². The predicted molar refractivity (Wildman–Crippen MR) is 84.2 cm³/mol. The third-order valence-corrected chi connectivity index (χ3v) is 4.28. The van der Waals surface area contributed by atoms with Crippen LogP contribution in [-0.4, -0.2) is 44.7 Å². The van der Waals surface area contributed by atoms with Crippen molar-refractivity contribution in [3.8, 4) is 11.5 Å². The molecule has 0 radical (unpaired) electrons. The third-order valence-electron chi connectivity index (χ3n) is 4.28. The summed E-state index contributed by atoms with van der Waals surface area (Å²) in [6.07, 6.45) is -0.612. The van der Waals surface area contributed by atoms with Gasteiger partial charge in [-0.25, -0.2) is 5.43 Å². The zero-order valence-electron chi connectivity index (χ0n) is 13.8. The molecule has 128 valence electrons. The van der Waals surface area contributed by atoms with E-state index in [1.165, 1.54) is 7.11 Å². The molecular formula is C16H24N2O5. The summed E-state index contributed by atoms with van der Waals surface area (Å²) in [5.41, 5.74) is 6.67. The van der Waals surface area contributed by atoms with E-state index in [0.717, 1.165) is 5.56 Å². The summed E-state index contributed by atoms with van der Waals surface area (Å²) in [7, 11) is 4.50. The van der Waals surface area contributed by atoms with Gasteiger partial charge in [-0.2, -0.15) is 0 Å². The number of carbonyl (C=O) groups is 1. The van der Waals surface area contributed by atoms with E-state index in [2.05, 4.69) is 10.9 Å². The van der Waals surface area contributed by atoms with Gasteiger partial charge in [0.25, 0.3) is 0 Å². The van der Waals surface area contributed by atoms with E-state index in [4.69, 9.17) is 14.2 Å². The fourth-order valence-electron chi connectivity index (χ4n) is 3.03. The van der Waals surface area contributed by atoms with Crippen LogP contribution in [0.2, 0.25) is 0 Å². The van der Waals surface area contributed by atoms with E-state index in [1.807, 2.05) is 19.1 Å². The molecule has 23 heavy (non-hydrogen) atoms. The van der Waals surface area contributed by atoms with E-state index in [1.54, 1.807) is 20.3 Å². The first kappa shape index (κ1) is 17.5. The van der Waals surface area contributed by atoms with Gasteiger partial charge in [-0.05, 0) is 24.6 Å². The quantitative estimate of drug-likeness (QED) is 0.666. The van der Waals surface area contributed by atoms with Crippen molar-refractivity contribution in [2.24, 2.45) is 5.92 Å². The fourth-order valence-corrected chi connectivity index (χ4v) is 3.03. The van der Waals surface area contributed by atoms with Crippen molar-refractivity contribution in [2.75, 3.05) is 21.3 Å². The standard InChI is InChI=1S/C16H24N2O5/c1-9-15(16(20)18-17-9)13(8-14(19)23-4)10-5-11(21-2)7-12(6-10)22-3/h5-7,9,13,15-18,20H,8H2,1-4H3. The number of esters is 1. The van der Waals surface area contributed by atoms with Crippen molar-refractivity contribution < 1.29 is 24.1 Å². The Balaban J connectivity index is 2.42. The molecule has 0 spiro atoms. The highest BCUT2D eigenvalue weighted by Crippen LogP contribution is 2.38. The second-order valence-electron chi connectivity index (χ2n) is 5.63. The Labute approximate surface area is 135 Å². The second kappa shape index (κ2) is 7.63. The van der Waals surface area contributed by atoms with E-state index in [0.29, 0.717) is 11.5 Å². The molecule has 1 saturated heterocycles. The number of ether oxygens (including phenoxy) is 3. The van der Waals surface area contributed by atoms with Crippen molar-refractivity contribution in [1.82, 2.24) is 10.9 Å². The van der Waals surface area contributed by atoms with Gasteiger partial charge in [0, 0.05) is 23.9 Å². The average Bonchev–Trinajstić information content (AvgIpc) is 2.90. The first-order chi connectivity index (χ1) is 11.0. The minimum Gasteiger partial charge on any atom is -0.497 e. The highest BCUT2D eigenvalue weighted by molar-refractivity contribution is 5.70. The summed E-state index contributed by atoms with van der Waals surface area (Å²) in [6.45, 7) is 1.95. The van der Waals surface area contributed by atoms with Gasteiger partial charge < -0.3 is 19.3 Å². The largest absolute Gasteiger partial charge is 0.497 e. The monoisotopic (exact) mass is 324 g/mol. The fraction of sp³-hybridized carbons (Fsp3) is 0.562. The van der Waals surface area contributed by atoms with Crippen LogP contribution < -0.4 is 20.3 Å². The summed E-state index contributed by atoms with van der Waals surface area (Å²) in [5.74, 6) is 0.485. The van der Waals surface area contributed by atoms with Crippen LogP contribution in [0.5, 0.6) is 11.5 Å². The SMILES string of the molecule is COC(=O)CC(c1cc(OC)cc(OC)c1)C1C(C)NNC1O. The van der Waals surface area contributed by atoms with Crippen molar-refractivity contribution in [3.63, 3.8) is 0 Å². The number of rotatable bonds is 6. The minimum absolute atomic E-state index is 0.0168. The van der Waals surface area contributed by atoms with Crippen molar-refractivity contribution in [2.45, 2.75) is 31.5 Å². The van der Waals surface area contributed by atoms with Crippen LogP contribution in [0.3, 0.4) is 0 Å². The van der Waals surface area contributed by atoms with Gasteiger partial charge >= 0.3 is 5.97 Å². The third kappa shape index (κ3) is 3.93. The number of hydrogen-bond donors (Lipinski definition) is 3. The van der Waals surface area contributed by atoms with Crippen molar-refractivity contribution in [3.05, 3.63) is 23.8 Å². The Bertz CT molecular complexity index is 519. The van der Waals surface area contributed by atoms with Crippen LogP contribution in [0.15, 0.2) is 18.2 Å². The second-order valence-corrected chi connectivity index (χ2v) is 5.63. The van der Waals surface area contributed by atoms with Gasteiger partial charge in [-0.1, -0.05) is 0 Å². The lowest BCUT2D eigenvalue weighted by atomic mass is 9.79. The maximum absolute atomic E-state index is 11.9. The molecule has 0 amide bonds. The molecule has 4 unspecified atom stereocenters. The Morgan fingerprint density at radius 1 is 1.17 bits per heavy atom. The molecule has 4 atom stereocenters. The highest BCUT2D eigenvalue weighted by atomic mass is 16.5. The van der Waals surface area contributed by atoms with Crippen LogP contribution in [0.1, 0.15) is 24.8 Å². The molecule has 1 aliphatic rings. The first-order valence-electron chi connectivity index (χ1n) is 7.49. The van der Waals surface area contributed by atoms with Crippen LogP contribution in [0, 0.1) is 5.92 Å². The molecule has 1 aromatic rings. The molecule has 1 fully saturated rings. The number of carbonyl (C=O) groups excluding carboxylic acids is 1. The molecule has 0 aromatic heterocycles. The molecular weight excluding hydrogens is 300 g/mol. The lowest BCUT2D eigenvalue weighted by Gasteiger charge is -2.28. The Kier molecular flexibility index (Phi) is 5.81. The maximum Gasteiger partial charge on any atom is 0.306 e. The molecule has 2 rings (SSSR count). The van der Waals surface area contributed by atoms with Crippen LogP contribution in [-0.2, 0) is 9.53 Å². The minimum atomic E-state index is -0.767. The Hall–Kier alpha value is -1.83. The summed E-state index contributed by atoms with van der Waals surface area (Å²) in [5, 5.41) is 10.2. The van der Waals surface area contributed by atoms with Crippen LogP contribution in [0.4, 0.5) is 0 Å². The van der Waals surface area contributed by atoms with Crippen LogP contribution in [0.25, 0.3) is 0 Å². The normalized spacial score (nSPS) is 25.0. The molecule has 0 aliphatic carbocycles. The van der Waals surface area contributed by atoms with Gasteiger partial charge in [-0.3, -0.25) is 10.2 Å². The summed E-state index contributed by atoms with van der Waals surface area (Å²) in [6, 6.07) is 5.46. The molecule has 1 heterocycles. The van der Waals surface area contributed by atoms with Gasteiger partial charge in [0.05, 0.1) is 27.8 Å². The van der Waals surface area contributed by atoms with E-state index in [-0.39, 0.29) is 30.3 Å². The smallest absolute Gasteiger partial charge is 0.306 e. The topological polar surface area (TPSA) is 89.1 Å². The lowest BCUT2D eigenvalue weighted by molar-refractivity contribution is -0.141. The zero-order valence-corrected chi connectivity index (χ0v) is 13.8. The zero-order chi connectivity index (χ0) is 17.0. The number of hydrazine groups is 1. The molecule has 1 aromatic carbocycles. The average molecular weight is 324 g/mol. The Morgan fingerprint density at radius 2 is 1.78 bits per heavy atom. The molecule has 1 aliphatic heterocycles. The van der Waals surface area contributed by atoms with E-state index >= 15 is 0 Å². The van der Waals surface area contributed by atoms with Crippen molar-refractivity contribution >= 4 is 5.97 Å². The number of benzene rings is 1. The van der Waals surface area contributed by atoms with E-state index in [9.17, 15) is 9.90 Å². The van der Waals surface area contributed by atoms with Crippen molar-refractivity contribution in [1.29, 1.82) is 0 Å². The molecule has 7 heteroatoms. The molecule has 0 saturated carbocycles. The van der Waals surface area contributed by atoms with Crippen LogP contribution >= 0.6 is 0 Å². The predicted octanol–water partition coefficient (Wildman–Crippen LogP) is 0.781. The summed E-state index contributed by atoms with van der Waals surface area (Å²) >= 11 is 0. The number of aliphatic hydroxyl groups excluding tert-OH is 1. The van der Waals surface area contributed by atoms with Gasteiger partial charge in [0.2, 0.25) is 0 Å². The first-order valence-corrected chi connectivity index (χ1v) is 7.49. The number of hydrogen-bond acceptors (Lipinski definition) is 7. The molecule has 7 nitrogen and oxygen atoms in total. The summed E-state index contributed by atoms with van der Waals surface area (Å²) in [4.78, 5) is 11.9. The number of methoxy groups -OCH3 is 3. The highest BCUT2D eigenvalue weighted by Gasteiger charge is 2.40. The summed E-state index contributed by atoms with van der Waals surface area (Å²) < 4.78 is 15.4. The molecule has 0 bridgehead atoms. The Morgan fingerprint density at radius 3 is 2.22 bits per heavy atom. The lowest BCUT2D eigenvalue weighted by Crippen LogP contribution is -2.33. The number of nitrogens with one attached hydrogen (secondary N) is 2. The number of aliphatic hydroxyl groups is 1.